The van der Waals surface area contributed by atoms with E-state index in [1.54, 1.807) is 0 Å². The molecule has 7 nitrogen and oxygen atoms in total. The quantitative estimate of drug-likeness (QED) is 0.785. The van der Waals surface area contributed by atoms with Gasteiger partial charge in [0.1, 0.15) is 11.4 Å². The van der Waals surface area contributed by atoms with Crippen LogP contribution in [-0.2, 0) is 4.79 Å². The Bertz CT molecular complexity index is 805. The largest absolute Gasteiger partial charge is 0.481 e. The summed E-state index contributed by atoms with van der Waals surface area (Å²) in [5.41, 5.74) is -0.412. The molecule has 0 unspecified atom stereocenters. The van der Waals surface area contributed by atoms with Gasteiger partial charge in [0.15, 0.2) is 0 Å². The Hall–Kier alpha value is -2.44. The van der Waals surface area contributed by atoms with Crippen molar-refractivity contribution >= 4 is 11.9 Å². The predicted octanol–water partition coefficient (Wildman–Crippen LogP) is 2.31. The van der Waals surface area contributed by atoms with Crippen LogP contribution in [0.15, 0.2) is 22.6 Å². The molecular formula is C19H25N3O4. The molecule has 140 valence electrons. The van der Waals surface area contributed by atoms with E-state index >= 15 is 0 Å². The molecule has 0 bridgehead atoms. The van der Waals surface area contributed by atoms with Gasteiger partial charge in [-0.2, -0.15) is 0 Å². The summed E-state index contributed by atoms with van der Waals surface area (Å²) in [5.74, 6) is -0.411. The van der Waals surface area contributed by atoms with Crippen molar-refractivity contribution in [1.29, 1.82) is 0 Å². The molecule has 1 amide bonds. The number of hydrogen-bond donors (Lipinski definition) is 2. The lowest BCUT2D eigenvalue weighted by Gasteiger charge is -2.39. The number of nitrogens with one attached hydrogen (secondary N) is 1. The Morgan fingerprint density at radius 1 is 1.42 bits per heavy atom. The number of rotatable bonds is 5. The molecule has 1 aromatic rings. The van der Waals surface area contributed by atoms with Crippen LogP contribution in [0.1, 0.15) is 68.1 Å². The number of hydrogen-bond acceptors (Lipinski definition) is 4. The first-order chi connectivity index (χ1) is 12.3. The summed E-state index contributed by atoms with van der Waals surface area (Å²) in [7, 11) is 0. The van der Waals surface area contributed by atoms with Gasteiger partial charge in [0, 0.05) is 25.2 Å². The highest BCUT2D eigenvalue weighted by molar-refractivity contribution is 5.94. The Morgan fingerprint density at radius 3 is 2.73 bits per heavy atom. The molecule has 3 rings (SSSR count). The zero-order valence-electron chi connectivity index (χ0n) is 15.2. The number of nitrogens with zero attached hydrogens (tertiary/aromatic N) is 2. The fourth-order valence-corrected chi connectivity index (χ4v) is 3.43. The van der Waals surface area contributed by atoms with Crippen molar-refractivity contribution in [2.75, 3.05) is 13.1 Å². The van der Waals surface area contributed by atoms with E-state index < -0.39 is 22.9 Å². The lowest BCUT2D eigenvalue weighted by molar-refractivity contribution is -0.151. The van der Waals surface area contributed by atoms with Crippen LogP contribution in [0, 0.1) is 5.41 Å². The van der Waals surface area contributed by atoms with Crippen molar-refractivity contribution in [3.8, 4) is 0 Å². The van der Waals surface area contributed by atoms with Crippen molar-refractivity contribution < 1.29 is 14.7 Å². The Balaban J connectivity index is 1.82. The Morgan fingerprint density at radius 2 is 2.15 bits per heavy atom. The summed E-state index contributed by atoms with van der Waals surface area (Å²) in [6.45, 7) is 4.41. The van der Waals surface area contributed by atoms with Crippen LogP contribution in [0.3, 0.4) is 0 Å². The zero-order valence-corrected chi connectivity index (χ0v) is 15.2. The van der Waals surface area contributed by atoms with E-state index in [1.165, 1.54) is 11.1 Å². The van der Waals surface area contributed by atoms with Crippen LogP contribution >= 0.6 is 0 Å². The number of allylic oxidation sites excluding steroid dienone is 2. The minimum absolute atomic E-state index is 0.0159. The van der Waals surface area contributed by atoms with Gasteiger partial charge in [0.05, 0.1) is 5.41 Å². The van der Waals surface area contributed by atoms with Crippen molar-refractivity contribution in [3.05, 3.63) is 39.6 Å². The molecule has 1 saturated carbocycles. The second-order valence-corrected chi connectivity index (χ2v) is 7.69. The normalized spacial score (nSPS) is 22.8. The van der Waals surface area contributed by atoms with Crippen LogP contribution in [-0.4, -0.2) is 44.9 Å². The number of likely N-dealkylation sites (tertiary alicyclic amines) is 1. The van der Waals surface area contributed by atoms with E-state index in [-0.39, 0.29) is 12.1 Å². The number of carboxylic acid groups (broad SMARTS) is 1. The lowest BCUT2D eigenvalue weighted by Crippen LogP contribution is -2.50. The van der Waals surface area contributed by atoms with E-state index in [2.05, 4.69) is 9.97 Å². The van der Waals surface area contributed by atoms with Crippen molar-refractivity contribution in [3.63, 3.8) is 0 Å². The molecule has 0 radical (unpaired) electrons. The van der Waals surface area contributed by atoms with E-state index in [0.29, 0.717) is 37.5 Å². The minimum Gasteiger partial charge on any atom is -0.481 e. The summed E-state index contributed by atoms with van der Waals surface area (Å²) in [5, 5.41) is 9.78. The number of H-pyrrole nitrogens is 1. The highest BCUT2D eigenvalue weighted by atomic mass is 16.4. The molecule has 26 heavy (non-hydrogen) atoms. The molecule has 1 saturated heterocycles. The number of amides is 1. The smallest absolute Gasteiger partial charge is 0.311 e. The number of aromatic amines is 1. The van der Waals surface area contributed by atoms with Gasteiger partial charge < -0.3 is 15.0 Å². The predicted molar refractivity (Wildman–Crippen MR) is 96.1 cm³/mol. The van der Waals surface area contributed by atoms with Gasteiger partial charge in [-0.3, -0.25) is 14.4 Å². The Kier molecular flexibility index (Phi) is 4.98. The van der Waals surface area contributed by atoms with Gasteiger partial charge >= 0.3 is 5.97 Å². The fraction of sp³-hybridized carbons (Fsp3) is 0.579. The van der Waals surface area contributed by atoms with Crippen LogP contribution in [0.2, 0.25) is 0 Å². The van der Waals surface area contributed by atoms with Crippen LogP contribution in [0.5, 0.6) is 0 Å². The molecule has 1 aromatic heterocycles. The highest BCUT2D eigenvalue weighted by Crippen LogP contribution is 2.37. The molecular weight excluding hydrogens is 334 g/mol. The lowest BCUT2D eigenvalue weighted by atomic mass is 9.76. The summed E-state index contributed by atoms with van der Waals surface area (Å²) < 4.78 is 0. The van der Waals surface area contributed by atoms with E-state index in [1.807, 2.05) is 19.9 Å². The average molecular weight is 359 g/mol. The number of aromatic nitrogens is 2. The van der Waals surface area contributed by atoms with E-state index in [9.17, 15) is 19.5 Å². The summed E-state index contributed by atoms with van der Waals surface area (Å²) in [4.78, 5) is 45.5. The summed E-state index contributed by atoms with van der Waals surface area (Å²) in [6.07, 6.45) is 6.75. The molecule has 0 spiro atoms. The molecule has 2 aliphatic rings. The SMILES string of the molecule is CC(C)=CC[C@@]1(C(=O)O)CCCN(C(=O)c2cnc(C3CC3)[nH]c2=O)C1. The molecule has 1 aliphatic heterocycles. The molecule has 0 aromatic carbocycles. The van der Waals surface area contributed by atoms with Crippen molar-refractivity contribution in [2.45, 2.75) is 51.9 Å². The van der Waals surface area contributed by atoms with Gasteiger partial charge in [0.25, 0.3) is 11.5 Å². The first-order valence-corrected chi connectivity index (χ1v) is 9.08. The fourth-order valence-electron chi connectivity index (χ4n) is 3.43. The first-order valence-electron chi connectivity index (χ1n) is 9.08. The summed E-state index contributed by atoms with van der Waals surface area (Å²) >= 11 is 0. The number of aliphatic carboxylic acids is 1. The maximum Gasteiger partial charge on any atom is 0.311 e. The third kappa shape index (κ3) is 3.71. The monoisotopic (exact) mass is 359 g/mol. The van der Waals surface area contributed by atoms with Crippen molar-refractivity contribution in [2.24, 2.45) is 5.41 Å². The number of piperidine rings is 1. The number of carboxylic acids is 1. The molecule has 2 N–H and O–H groups in total. The average Bonchev–Trinajstić information content (AvgIpc) is 3.44. The van der Waals surface area contributed by atoms with Crippen LogP contribution < -0.4 is 5.56 Å². The maximum atomic E-state index is 12.8. The highest BCUT2D eigenvalue weighted by Gasteiger charge is 2.43. The number of carbonyl (C=O) groups is 2. The standard InChI is InChI=1S/C19H25N3O4/c1-12(2)6-8-19(18(25)26)7-3-9-22(11-19)17(24)14-10-20-15(13-4-5-13)21-16(14)23/h6,10,13H,3-5,7-9,11H2,1-2H3,(H,25,26)(H,20,21,23)/t19-/m0/s1. The van der Waals surface area contributed by atoms with Gasteiger partial charge in [-0.1, -0.05) is 11.6 Å². The van der Waals surface area contributed by atoms with Crippen LogP contribution in [0.4, 0.5) is 0 Å². The van der Waals surface area contributed by atoms with E-state index in [0.717, 1.165) is 18.4 Å². The molecule has 1 aliphatic carbocycles. The summed E-state index contributed by atoms with van der Waals surface area (Å²) in [6, 6.07) is 0. The third-order valence-electron chi connectivity index (χ3n) is 5.23. The molecule has 2 heterocycles. The number of carbonyl (C=O) groups excluding carboxylic acids is 1. The topological polar surface area (TPSA) is 103 Å². The van der Waals surface area contributed by atoms with Gasteiger partial charge in [-0.25, -0.2) is 4.98 Å². The second-order valence-electron chi connectivity index (χ2n) is 7.69. The van der Waals surface area contributed by atoms with Gasteiger partial charge in [-0.15, -0.1) is 0 Å². The molecule has 1 atom stereocenters. The zero-order chi connectivity index (χ0) is 18.9. The Labute approximate surface area is 152 Å². The van der Waals surface area contributed by atoms with E-state index in [4.69, 9.17) is 0 Å². The third-order valence-corrected chi connectivity index (χ3v) is 5.23. The minimum atomic E-state index is -1.00. The first kappa shape index (κ1) is 18.4. The van der Waals surface area contributed by atoms with Gasteiger partial charge in [0.2, 0.25) is 0 Å². The second kappa shape index (κ2) is 7.05. The van der Waals surface area contributed by atoms with Crippen molar-refractivity contribution in [1.82, 2.24) is 14.9 Å². The molecule has 7 heteroatoms. The maximum absolute atomic E-state index is 12.8. The van der Waals surface area contributed by atoms with Crippen LogP contribution in [0.25, 0.3) is 0 Å². The van der Waals surface area contributed by atoms with Gasteiger partial charge in [-0.05, 0) is 46.0 Å². The molecule has 2 fully saturated rings.